The molecule has 0 amide bonds. The fourth-order valence-electron chi connectivity index (χ4n) is 2.72. The number of likely N-dealkylation sites (tertiary alicyclic amines) is 1. The number of piperidine rings is 1. The van der Waals surface area contributed by atoms with Crippen LogP contribution in [0.2, 0.25) is 0 Å². The molecule has 0 unspecified atom stereocenters. The van der Waals surface area contributed by atoms with Gasteiger partial charge < -0.3 is 14.2 Å². The van der Waals surface area contributed by atoms with E-state index in [1.54, 1.807) is 12.1 Å². The Bertz CT molecular complexity index is 761. The van der Waals surface area contributed by atoms with Crippen LogP contribution in [0, 0.1) is 6.92 Å². The SMILES string of the molecule is Cc1c(-c2ccc(C(=O)OC3CCN(C)CC3)s2)noc1C(F)(F)F. The highest BCUT2D eigenvalue weighted by Crippen LogP contribution is 2.38. The zero-order chi connectivity index (χ0) is 18.2. The summed E-state index contributed by atoms with van der Waals surface area (Å²) in [6.45, 7) is 3.03. The second-order valence-corrected chi connectivity index (χ2v) is 7.14. The molecule has 5 nitrogen and oxygen atoms in total. The maximum atomic E-state index is 12.8. The van der Waals surface area contributed by atoms with E-state index in [9.17, 15) is 18.0 Å². The summed E-state index contributed by atoms with van der Waals surface area (Å²) in [5.41, 5.74) is 0.000233. The molecule has 0 N–H and O–H groups in total. The lowest BCUT2D eigenvalue weighted by Gasteiger charge is -2.28. The Hall–Kier alpha value is -1.87. The van der Waals surface area contributed by atoms with Crippen LogP contribution < -0.4 is 0 Å². The molecule has 25 heavy (non-hydrogen) atoms. The molecule has 0 radical (unpaired) electrons. The molecule has 0 aliphatic carbocycles. The Morgan fingerprint density at radius 3 is 2.64 bits per heavy atom. The summed E-state index contributed by atoms with van der Waals surface area (Å²) in [6.07, 6.45) is -3.17. The number of carbonyl (C=O) groups excluding carboxylic acids is 1. The predicted molar refractivity (Wildman–Crippen MR) is 85.5 cm³/mol. The third-order valence-electron chi connectivity index (χ3n) is 4.16. The normalized spacial score (nSPS) is 17.0. The van der Waals surface area contributed by atoms with E-state index in [1.165, 1.54) is 6.92 Å². The average Bonchev–Trinajstić information content (AvgIpc) is 3.15. The molecule has 0 atom stereocenters. The van der Waals surface area contributed by atoms with Gasteiger partial charge in [-0.25, -0.2) is 4.79 Å². The lowest BCUT2D eigenvalue weighted by atomic mass is 10.1. The van der Waals surface area contributed by atoms with Gasteiger partial charge in [0.15, 0.2) is 0 Å². The molecule has 1 aliphatic heterocycles. The molecule has 0 saturated carbocycles. The highest BCUT2D eigenvalue weighted by molar-refractivity contribution is 7.17. The van der Waals surface area contributed by atoms with E-state index in [-0.39, 0.29) is 17.4 Å². The Kier molecular flexibility index (Phi) is 4.88. The van der Waals surface area contributed by atoms with Crippen molar-refractivity contribution < 1.29 is 27.2 Å². The molecule has 2 aromatic rings. The van der Waals surface area contributed by atoms with Gasteiger partial charge in [0.05, 0.1) is 4.88 Å². The van der Waals surface area contributed by atoms with Crippen molar-refractivity contribution in [1.82, 2.24) is 10.1 Å². The summed E-state index contributed by atoms with van der Waals surface area (Å²) in [5, 5.41) is 3.51. The summed E-state index contributed by atoms with van der Waals surface area (Å²) < 4.78 is 48.3. The fraction of sp³-hybridized carbons (Fsp3) is 0.500. The van der Waals surface area contributed by atoms with E-state index in [1.807, 2.05) is 7.05 Å². The Morgan fingerprint density at radius 1 is 1.36 bits per heavy atom. The maximum absolute atomic E-state index is 12.8. The minimum Gasteiger partial charge on any atom is -0.458 e. The molecular formula is C16H17F3N2O3S. The number of carbonyl (C=O) groups is 1. The number of halogens is 3. The van der Waals surface area contributed by atoms with Crippen molar-refractivity contribution in [1.29, 1.82) is 0 Å². The van der Waals surface area contributed by atoms with Gasteiger partial charge in [-0.15, -0.1) is 11.3 Å². The minimum absolute atomic E-state index is 0.0930. The van der Waals surface area contributed by atoms with E-state index in [0.717, 1.165) is 37.3 Å². The molecule has 1 saturated heterocycles. The quantitative estimate of drug-likeness (QED) is 0.761. The number of nitrogens with zero attached hydrogens (tertiary/aromatic N) is 2. The molecule has 0 spiro atoms. The third-order valence-corrected chi connectivity index (χ3v) is 5.23. The summed E-state index contributed by atoms with van der Waals surface area (Å²) in [4.78, 5) is 15.2. The van der Waals surface area contributed by atoms with Crippen molar-refractivity contribution in [2.75, 3.05) is 20.1 Å². The van der Waals surface area contributed by atoms with Crippen LogP contribution in [-0.2, 0) is 10.9 Å². The van der Waals surface area contributed by atoms with Gasteiger partial charge >= 0.3 is 12.1 Å². The van der Waals surface area contributed by atoms with Crippen LogP contribution in [0.5, 0.6) is 0 Å². The number of aromatic nitrogens is 1. The first-order valence-corrected chi connectivity index (χ1v) is 8.60. The van der Waals surface area contributed by atoms with Crippen LogP contribution in [0.3, 0.4) is 0 Å². The molecule has 1 aliphatic rings. The first kappa shape index (κ1) is 17.9. The first-order chi connectivity index (χ1) is 11.8. The second kappa shape index (κ2) is 6.80. The van der Waals surface area contributed by atoms with Crippen LogP contribution in [0.1, 0.15) is 33.8 Å². The first-order valence-electron chi connectivity index (χ1n) is 7.79. The number of hydrogen-bond donors (Lipinski definition) is 0. The average molecular weight is 374 g/mol. The van der Waals surface area contributed by atoms with Crippen molar-refractivity contribution in [3.8, 4) is 10.6 Å². The van der Waals surface area contributed by atoms with Crippen molar-refractivity contribution in [2.24, 2.45) is 0 Å². The van der Waals surface area contributed by atoms with Crippen molar-refractivity contribution in [3.05, 3.63) is 28.3 Å². The van der Waals surface area contributed by atoms with Gasteiger partial charge in [-0.2, -0.15) is 13.2 Å². The zero-order valence-electron chi connectivity index (χ0n) is 13.7. The van der Waals surface area contributed by atoms with Gasteiger partial charge in [0.1, 0.15) is 16.7 Å². The number of thiophene rings is 1. The van der Waals surface area contributed by atoms with Gasteiger partial charge in [-0.3, -0.25) is 0 Å². The van der Waals surface area contributed by atoms with E-state index in [0.29, 0.717) is 9.75 Å². The van der Waals surface area contributed by atoms with Crippen molar-refractivity contribution in [2.45, 2.75) is 32.0 Å². The standard InChI is InChI=1S/C16H17F3N2O3S/c1-9-13(20-24-14(9)16(17,18)19)11-3-4-12(25-11)15(22)23-10-5-7-21(2)8-6-10/h3-4,10H,5-8H2,1-2H3. The summed E-state index contributed by atoms with van der Waals surface area (Å²) in [6, 6.07) is 3.10. The van der Waals surface area contributed by atoms with E-state index in [4.69, 9.17) is 4.74 Å². The number of ether oxygens (including phenoxy) is 1. The molecule has 3 rings (SSSR count). The largest absolute Gasteiger partial charge is 0.458 e. The monoisotopic (exact) mass is 374 g/mol. The highest BCUT2D eigenvalue weighted by Gasteiger charge is 2.39. The smallest absolute Gasteiger partial charge is 0.452 e. The second-order valence-electron chi connectivity index (χ2n) is 6.05. The van der Waals surface area contributed by atoms with E-state index < -0.39 is 17.9 Å². The molecule has 3 heterocycles. The topological polar surface area (TPSA) is 55.6 Å². The Morgan fingerprint density at radius 2 is 2.04 bits per heavy atom. The van der Waals surface area contributed by atoms with Crippen LogP contribution in [0.15, 0.2) is 16.7 Å². The van der Waals surface area contributed by atoms with Crippen LogP contribution >= 0.6 is 11.3 Å². The van der Waals surface area contributed by atoms with Crippen molar-refractivity contribution >= 4 is 17.3 Å². The summed E-state index contributed by atoms with van der Waals surface area (Å²) >= 11 is 1.05. The fourth-order valence-corrected chi connectivity index (χ4v) is 3.64. The summed E-state index contributed by atoms with van der Waals surface area (Å²) in [7, 11) is 2.01. The minimum atomic E-state index is -4.59. The highest BCUT2D eigenvalue weighted by atomic mass is 32.1. The molecule has 0 aromatic carbocycles. The molecular weight excluding hydrogens is 357 g/mol. The van der Waals surface area contributed by atoms with E-state index >= 15 is 0 Å². The molecule has 1 fully saturated rings. The van der Waals surface area contributed by atoms with Gasteiger partial charge in [0.2, 0.25) is 5.76 Å². The van der Waals surface area contributed by atoms with Crippen LogP contribution in [0.25, 0.3) is 10.6 Å². The lowest BCUT2D eigenvalue weighted by Crippen LogP contribution is -2.35. The van der Waals surface area contributed by atoms with Crippen molar-refractivity contribution in [3.63, 3.8) is 0 Å². The van der Waals surface area contributed by atoms with Gasteiger partial charge in [-0.05, 0) is 38.9 Å². The molecule has 0 bridgehead atoms. The predicted octanol–water partition coefficient (Wildman–Crippen LogP) is 3.98. The molecule has 9 heteroatoms. The van der Waals surface area contributed by atoms with Crippen LogP contribution in [-0.4, -0.2) is 42.3 Å². The zero-order valence-corrected chi connectivity index (χ0v) is 14.5. The maximum Gasteiger partial charge on any atom is 0.452 e. The third kappa shape index (κ3) is 3.87. The van der Waals surface area contributed by atoms with E-state index in [2.05, 4.69) is 14.6 Å². The van der Waals surface area contributed by atoms with Gasteiger partial charge in [-0.1, -0.05) is 5.16 Å². The van der Waals surface area contributed by atoms with Gasteiger partial charge in [0.25, 0.3) is 0 Å². The lowest BCUT2D eigenvalue weighted by molar-refractivity contribution is -0.156. The number of alkyl halides is 3. The number of esters is 1. The Labute approximate surface area is 146 Å². The Balaban J connectivity index is 1.72. The summed E-state index contributed by atoms with van der Waals surface area (Å²) in [5.74, 6) is -1.57. The number of hydrogen-bond acceptors (Lipinski definition) is 6. The number of rotatable bonds is 3. The van der Waals surface area contributed by atoms with Crippen LogP contribution in [0.4, 0.5) is 13.2 Å². The molecule has 136 valence electrons. The molecule has 2 aromatic heterocycles. The van der Waals surface area contributed by atoms with Gasteiger partial charge in [0, 0.05) is 18.7 Å².